The second-order valence-electron chi connectivity index (χ2n) is 5.93. The lowest BCUT2D eigenvalue weighted by Gasteiger charge is -2.34. The Morgan fingerprint density at radius 1 is 1.18 bits per heavy atom. The minimum absolute atomic E-state index is 0.100. The highest BCUT2D eigenvalue weighted by molar-refractivity contribution is 4.82. The van der Waals surface area contributed by atoms with Crippen LogP contribution in [0.2, 0.25) is 0 Å². The molecule has 0 radical (unpaired) electrons. The SMILES string of the molecule is CCC(CC)(CO)CNC(C)C1CCCCC1. The van der Waals surface area contributed by atoms with Crippen LogP contribution < -0.4 is 5.32 Å². The molecule has 0 aromatic carbocycles. The van der Waals surface area contributed by atoms with E-state index in [4.69, 9.17) is 0 Å². The highest BCUT2D eigenvalue weighted by Gasteiger charge is 2.27. The molecule has 0 aliphatic heterocycles. The van der Waals surface area contributed by atoms with Crippen molar-refractivity contribution in [1.29, 1.82) is 0 Å². The standard InChI is InChI=1S/C15H31NO/c1-4-15(5-2,12-17)11-16-13(3)14-9-7-6-8-10-14/h13-14,16-17H,4-12H2,1-3H3. The van der Waals surface area contributed by atoms with E-state index >= 15 is 0 Å². The van der Waals surface area contributed by atoms with E-state index < -0.39 is 0 Å². The van der Waals surface area contributed by atoms with Crippen LogP contribution in [0.15, 0.2) is 0 Å². The molecule has 17 heavy (non-hydrogen) atoms. The number of rotatable bonds is 7. The summed E-state index contributed by atoms with van der Waals surface area (Å²) in [4.78, 5) is 0. The van der Waals surface area contributed by atoms with E-state index in [9.17, 15) is 5.11 Å². The first-order chi connectivity index (χ1) is 8.17. The van der Waals surface area contributed by atoms with Crippen LogP contribution in [-0.2, 0) is 0 Å². The molecule has 0 saturated heterocycles. The number of nitrogens with one attached hydrogen (secondary N) is 1. The van der Waals surface area contributed by atoms with Crippen molar-refractivity contribution < 1.29 is 5.11 Å². The minimum atomic E-state index is 0.100. The number of hydrogen-bond donors (Lipinski definition) is 2. The zero-order valence-electron chi connectivity index (χ0n) is 12.0. The molecule has 102 valence electrons. The molecular formula is C15H31NO. The molecule has 0 heterocycles. The second kappa shape index (κ2) is 7.38. The third-order valence-electron chi connectivity index (χ3n) is 4.99. The van der Waals surface area contributed by atoms with Crippen LogP contribution in [0.1, 0.15) is 65.7 Å². The maximum Gasteiger partial charge on any atom is 0.0499 e. The van der Waals surface area contributed by atoms with Crippen molar-refractivity contribution in [3.63, 3.8) is 0 Å². The molecule has 0 bridgehead atoms. The quantitative estimate of drug-likeness (QED) is 0.716. The van der Waals surface area contributed by atoms with Gasteiger partial charge in [-0.15, -0.1) is 0 Å². The van der Waals surface area contributed by atoms with Crippen molar-refractivity contribution in [2.24, 2.45) is 11.3 Å². The molecule has 1 fully saturated rings. The summed E-state index contributed by atoms with van der Waals surface area (Å²) in [6.45, 7) is 7.97. The Labute approximate surface area is 107 Å². The Hall–Kier alpha value is -0.0800. The van der Waals surface area contributed by atoms with E-state index in [1.165, 1.54) is 32.1 Å². The lowest BCUT2D eigenvalue weighted by Crippen LogP contribution is -2.43. The largest absolute Gasteiger partial charge is 0.396 e. The summed E-state index contributed by atoms with van der Waals surface area (Å²) in [5.41, 5.74) is 0.100. The summed E-state index contributed by atoms with van der Waals surface area (Å²) in [7, 11) is 0. The van der Waals surface area contributed by atoms with Crippen molar-refractivity contribution in [3.05, 3.63) is 0 Å². The topological polar surface area (TPSA) is 32.3 Å². The van der Waals surface area contributed by atoms with Crippen LogP contribution in [0.5, 0.6) is 0 Å². The fourth-order valence-electron chi connectivity index (χ4n) is 2.96. The molecule has 0 aromatic rings. The van der Waals surface area contributed by atoms with Gasteiger partial charge in [0.2, 0.25) is 0 Å². The average molecular weight is 241 g/mol. The van der Waals surface area contributed by atoms with Crippen LogP contribution in [0.3, 0.4) is 0 Å². The Morgan fingerprint density at radius 3 is 2.24 bits per heavy atom. The van der Waals surface area contributed by atoms with E-state index in [1.54, 1.807) is 0 Å². The Morgan fingerprint density at radius 2 is 1.76 bits per heavy atom. The van der Waals surface area contributed by atoms with Crippen molar-refractivity contribution >= 4 is 0 Å². The summed E-state index contributed by atoms with van der Waals surface area (Å²) in [5.74, 6) is 0.855. The summed E-state index contributed by atoms with van der Waals surface area (Å²) >= 11 is 0. The Balaban J connectivity index is 2.37. The lowest BCUT2D eigenvalue weighted by atomic mass is 9.81. The van der Waals surface area contributed by atoms with Crippen LogP contribution in [0.4, 0.5) is 0 Å². The van der Waals surface area contributed by atoms with Gasteiger partial charge in [0, 0.05) is 24.6 Å². The average Bonchev–Trinajstić information content (AvgIpc) is 2.41. The van der Waals surface area contributed by atoms with Crippen molar-refractivity contribution in [2.45, 2.75) is 71.8 Å². The van der Waals surface area contributed by atoms with E-state index in [-0.39, 0.29) is 5.41 Å². The normalized spacial score (nSPS) is 20.5. The van der Waals surface area contributed by atoms with Crippen molar-refractivity contribution in [2.75, 3.05) is 13.2 Å². The molecule has 0 aromatic heterocycles. The lowest BCUT2D eigenvalue weighted by molar-refractivity contribution is 0.105. The van der Waals surface area contributed by atoms with E-state index in [0.29, 0.717) is 12.6 Å². The van der Waals surface area contributed by atoms with Gasteiger partial charge in [-0.2, -0.15) is 0 Å². The maximum absolute atomic E-state index is 9.56. The molecule has 1 unspecified atom stereocenters. The Bertz CT molecular complexity index is 187. The minimum Gasteiger partial charge on any atom is -0.396 e. The van der Waals surface area contributed by atoms with Gasteiger partial charge in [0.05, 0.1) is 0 Å². The van der Waals surface area contributed by atoms with Gasteiger partial charge in [0.25, 0.3) is 0 Å². The van der Waals surface area contributed by atoms with Crippen LogP contribution in [-0.4, -0.2) is 24.3 Å². The van der Waals surface area contributed by atoms with Gasteiger partial charge < -0.3 is 10.4 Å². The molecule has 1 aliphatic carbocycles. The van der Waals surface area contributed by atoms with E-state index in [0.717, 1.165) is 25.3 Å². The molecule has 1 aliphatic rings. The van der Waals surface area contributed by atoms with Gasteiger partial charge >= 0.3 is 0 Å². The summed E-state index contributed by atoms with van der Waals surface area (Å²) < 4.78 is 0. The monoisotopic (exact) mass is 241 g/mol. The molecule has 0 spiro atoms. The first kappa shape index (κ1) is 15.0. The number of aliphatic hydroxyl groups is 1. The fraction of sp³-hybridized carbons (Fsp3) is 1.00. The van der Waals surface area contributed by atoms with Gasteiger partial charge in [-0.05, 0) is 38.5 Å². The van der Waals surface area contributed by atoms with Crippen LogP contribution in [0.25, 0.3) is 0 Å². The molecule has 2 nitrogen and oxygen atoms in total. The highest BCUT2D eigenvalue weighted by atomic mass is 16.3. The van der Waals surface area contributed by atoms with Gasteiger partial charge in [0.1, 0.15) is 0 Å². The molecule has 2 N–H and O–H groups in total. The smallest absolute Gasteiger partial charge is 0.0499 e. The van der Waals surface area contributed by atoms with Crippen molar-refractivity contribution in [3.8, 4) is 0 Å². The fourth-order valence-corrected chi connectivity index (χ4v) is 2.96. The first-order valence-corrected chi connectivity index (χ1v) is 7.51. The molecule has 1 saturated carbocycles. The first-order valence-electron chi connectivity index (χ1n) is 7.51. The summed E-state index contributed by atoms with van der Waals surface area (Å²) in [5, 5.41) is 13.2. The van der Waals surface area contributed by atoms with E-state index in [1.807, 2.05) is 0 Å². The zero-order valence-corrected chi connectivity index (χ0v) is 12.0. The molecular weight excluding hydrogens is 210 g/mol. The molecule has 1 atom stereocenters. The van der Waals surface area contributed by atoms with Gasteiger partial charge in [-0.3, -0.25) is 0 Å². The zero-order chi connectivity index (χ0) is 12.7. The summed E-state index contributed by atoms with van der Waals surface area (Å²) in [6, 6.07) is 0.610. The van der Waals surface area contributed by atoms with Crippen LogP contribution >= 0.6 is 0 Å². The molecule has 1 rings (SSSR count). The molecule has 2 heteroatoms. The highest BCUT2D eigenvalue weighted by Crippen LogP contribution is 2.28. The van der Waals surface area contributed by atoms with Crippen LogP contribution in [0, 0.1) is 11.3 Å². The third-order valence-corrected chi connectivity index (χ3v) is 4.99. The van der Waals surface area contributed by atoms with Crippen molar-refractivity contribution in [1.82, 2.24) is 5.32 Å². The van der Waals surface area contributed by atoms with Gasteiger partial charge in [0.15, 0.2) is 0 Å². The number of hydrogen-bond acceptors (Lipinski definition) is 2. The van der Waals surface area contributed by atoms with Gasteiger partial charge in [-0.1, -0.05) is 33.1 Å². The van der Waals surface area contributed by atoms with E-state index in [2.05, 4.69) is 26.1 Å². The third kappa shape index (κ3) is 4.26. The molecule has 0 amide bonds. The predicted octanol–water partition coefficient (Wildman–Crippen LogP) is 3.34. The number of aliphatic hydroxyl groups excluding tert-OH is 1. The predicted molar refractivity (Wildman–Crippen MR) is 74.1 cm³/mol. The van der Waals surface area contributed by atoms with Gasteiger partial charge in [-0.25, -0.2) is 0 Å². The maximum atomic E-state index is 9.56. The second-order valence-corrected chi connectivity index (χ2v) is 5.93. The summed E-state index contributed by atoms with van der Waals surface area (Å²) in [6.07, 6.45) is 9.13. The Kier molecular flexibility index (Phi) is 6.50.